The molecule has 1 aliphatic carbocycles. The topological polar surface area (TPSA) is 55.6 Å². The van der Waals surface area contributed by atoms with E-state index in [0.29, 0.717) is 6.04 Å². The average molecular weight is 296 g/mol. The first-order valence-electron chi connectivity index (χ1n) is 6.14. The lowest BCUT2D eigenvalue weighted by Gasteiger charge is -2.09. The number of nitrogens with zero attached hydrogens (tertiary/aromatic N) is 4. The molecule has 19 heavy (non-hydrogen) atoms. The number of rotatable bonds is 5. The molecule has 0 spiro atoms. The second-order valence-electron chi connectivity index (χ2n) is 4.59. The number of aryl methyl sites for hydroxylation is 1. The predicted octanol–water partition coefficient (Wildman–Crippen LogP) is 2.27. The maximum absolute atomic E-state index is 6.08. The highest BCUT2D eigenvalue weighted by Crippen LogP contribution is 2.31. The van der Waals surface area contributed by atoms with Gasteiger partial charge >= 0.3 is 0 Å². The number of nitrogens with one attached hydrogen (secondary N) is 1. The molecule has 0 amide bonds. The Morgan fingerprint density at radius 3 is 3.00 bits per heavy atom. The van der Waals surface area contributed by atoms with E-state index in [2.05, 4.69) is 26.9 Å². The molecule has 0 bridgehead atoms. The summed E-state index contributed by atoms with van der Waals surface area (Å²) < 4.78 is 1.66. The van der Waals surface area contributed by atoms with Gasteiger partial charge in [0.2, 0.25) is 5.16 Å². The molecular weight excluding hydrogens is 282 g/mol. The summed E-state index contributed by atoms with van der Waals surface area (Å²) in [5.41, 5.74) is 1.23. The quantitative estimate of drug-likeness (QED) is 0.917. The van der Waals surface area contributed by atoms with Crippen LogP contribution < -0.4 is 5.32 Å². The van der Waals surface area contributed by atoms with E-state index in [4.69, 9.17) is 11.6 Å². The first-order valence-corrected chi connectivity index (χ1v) is 7.34. The van der Waals surface area contributed by atoms with Gasteiger partial charge in [-0.2, -0.15) is 0 Å². The van der Waals surface area contributed by atoms with Gasteiger partial charge in [-0.3, -0.25) is 0 Å². The van der Waals surface area contributed by atoms with Gasteiger partial charge in [-0.05, 0) is 52.7 Å². The van der Waals surface area contributed by atoms with Gasteiger partial charge < -0.3 is 5.32 Å². The fraction of sp³-hybridized carbons (Fsp3) is 0.417. The zero-order chi connectivity index (χ0) is 13.2. The molecule has 5 nitrogen and oxygen atoms in total. The Morgan fingerprint density at radius 2 is 2.32 bits per heavy atom. The summed E-state index contributed by atoms with van der Waals surface area (Å²) in [5, 5.41) is 16.5. The molecule has 7 heteroatoms. The SMILES string of the molecule is Cn1nnnc1Sc1cc(Cl)ccc1CNC1CC1. The van der Waals surface area contributed by atoms with Crippen molar-refractivity contribution in [3.8, 4) is 0 Å². The Bertz CT molecular complexity index is 581. The minimum Gasteiger partial charge on any atom is -0.310 e. The van der Waals surface area contributed by atoms with Crippen LogP contribution in [-0.2, 0) is 13.6 Å². The summed E-state index contributed by atoms with van der Waals surface area (Å²) in [6, 6.07) is 6.63. The maximum Gasteiger partial charge on any atom is 0.213 e. The van der Waals surface area contributed by atoms with Crippen LogP contribution in [0.1, 0.15) is 18.4 Å². The monoisotopic (exact) mass is 295 g/mol. The van der Waals surface area contributed by atoms with Gasteiger partial charge in [0, 0.05) is 29.6 Å². The van der Waals surface area contributed by atoms with E-state index < -0.39 is 0 Å². The smallest absolute Gasteiger partial charge is 0.213 e. The molecule has 0 unspecified atom stereocenters. The number of benzene rings is 1. The fourth-order valence-electron chi connectivity index (χ4n) is 1.72. The van der Waals surface area contributed by atoms with E-state index in [1.54, 1.807) is 4.68 Å². The lowest BCUT2D eigenvalue weighted by atomic mass is 10.2. The van der Waals surface area contributed by atoms with Crippen LogP contribution in [0.4, 0.5) is 0 Å². The predicted molar refractivity (Wildman–Crippen MR) is 74.2 cm³/mol. The standard InChI is InChI=1S/C12H14ClN5S/c1-18-12(15-16-17-18)19-11-6-9(13)3-2-8(11)7-14-10-4-5-10/h2-3,6,10,14H,4-5,7H2,1H3. The summed E-state index contributed by atoms with van der Waals surface area (Å²) in [6.07, 6.45) is 2.56. The third-order valence-electron chi connectivity index (χ3n) is 2.97. The van der Waals surface area contributed by atoms with Crippen molar-refractivity contribution in [3.63, 3.8) is 0 Å². The van der Waals surface area contributed by atoms with E-state index in [1.807, 2.05) is 19.2 Å². The summed E-state index contributed by atoms with van der Waals surface area (Å²) in [6.45, 7) is 0.857. The molecule has 0 atom stereocenters. The van der Waals surface area contributed by atoms with Crippen molar-refractivity contribution in [2.45, 2.75) is 35.5 Å². The molecule has 1 fully saturated rings. The van der Waals surface area contributed by atoms with Crippen LogP contribution in [0.3, 0.4) is 0 Å². The molecule has 1 aliphatic rings. The number of hydrogen-bond acceptors (Lipinski definition) is 5. The number of halogens is 1. The highest BCUT2D eigenvalue weighted by molar-refractivity contribution is 7.99. The van der Waals surface area contributed by atoms with Gasteiger partial charge in [0.1, 0.15) is 0 Å². The summed E-state index contributed by atoms with van der Waals surface area (Å²) >= 11 is 7.62. The van der Waals surface area contributed by atoms with E-state index in [9.17, 15) is 0 Å². The van der Waals surface area contributed by atoms with Crippen molar-refractivity contribution >= 4 is 23.4 Å². The molecule has 1 saturated carbocycles. The van der Waals surface area contributed by atoms with Crippen molar-refractivity contribution in [2.24, 2.45) is 7.05 Å². The molecule has 0 radical (unpaired) electrons. The van der Waals surface area contributed by atoms with E-state index in [-0.39, 0.29) is 0 Å². The Hall–Kier alpha value is -1.11. The normalized spacial score (nSPS) is 14.8. The van der Waals surface area contributed by atoms with Gasteiger partial charge in [0.15, 0.2) is 0 Å². The van der Waals surface area contributed by atoms with Crippen LogP contribution >= 0.6 is 23.4 Å². The molecule has 0 aliphatic heterocycles. The van der Waals surface area contributed by atoms with Crippen molar-refractivity contribution in [3.05, 3.63) is 28.8 Å². The number of hydrogen-bond donors (Lipinski definition) is 1. The van der Waals surface area contributed by atoms with Crippen LogP contribution in [0.5, 0.6) is 0 Å². The molecule has 1 heterocycles. The van der Waals surface area contributed by atoms with Gasteiger partial charge in [0.05, 0.1) is 0 Å². The first-order chi connectivity index (χ1) is 9.22. The van der Waals surface area contributed by atoms with Crippen LogP contribution in [-0.4, -0.2) is 26.2 Å². The van der Waals surface area contributed by atoms with Gasteiger partial charge in [-0.15, -0.1) is 5.10 Å². The lowest BCUT2D eigenvalue weighted by Crippen LogP contribution is -2.15. The molecule has 1 N–H and O–H groups in total. The average Bonchev–Trinajstić information content (AvgIpc) is 3.13. The Kier molecular flexibility index (Phi) is 3.72. The van der Waals surface area contributed by atoms with Crippen molar-refractivity contribution in [2.75, 3.05) is 0 Å². The number of tetrazole rings is 1. The minimum atomic E-state index is 0.685. The third-order valence-corrected chi connectivity index (χ3v) is 4.33. The second-order valence-corrected chi connectivity index (χ2v) is 6.04. The van der Waals surface area contributed by atoms with Crippen molar-refractivity contribution < 1.29 is 0 Å². The summed E-state index contributed by atoms with van der Waals surface area (Å²) in [5.74, 6) is 0. The summed E-state index contributed by atoms with van der Waals surface area (Å²) in [4.78, 5) is 1.10. The van der Waals surface area contributed by atoms with Crippen molar-refractivity contribution in [1.29, 1.82) is 0 Å². The van der Waals surface area contributed by atoms with Gasteiger partial charge in [-0.1, -0.05) is 17.7 Å². The minimum absolute atomic E-state index is 0.685. The largest absolute Gasteiger partial charge is 0.310 e. The highest BCUT2D eigenvalue weighted by atomic mass is 35.5. The fourth-order valence-corrected chi connectivity index (χ4v) is 2.85. The van der Waals surface area contributed by atoms with Crippen LogP contribution in [0, 0.1) is 0 Å². The van der Waals surface area contributed by atoms with E-state index >= 15 is 0 Å². The molecule has 1 aromatic carbocycles. The van der Waals surface area contributed by atoms with E-state index in [1.165, 1.54) is 30.2 Å². The van der Waals surface area contributed by atoms with Gasteiger partial charge in [0.25, 0.3) is 0 Å². The maximum atomic E-state index is 6.08. The molecular formula is C12H14ClN5S. The Morgan fingerprint density at radius 1 is 1.47 bits per heavy atom. The third kappa shape index (κ3) is 3.26. The van der Waals surface area contributed by atoms with Crippen molar-refractivity contribution in [1.82, 2.24) is 25.5 Å². The molecule has 1 aromatic heterocycles. The number of aromatic nitrogens is 4. The molecule has 2 aromatic rings. The summed E-state index contributed by atoms with van der Waals surface area (Å²) in [7, 11) is 1.83. The highest BCUT2D eigenvalue weighted by Gasteiger charge is 2.20. The Balaban J connectivity index is 1.80. The second kappa shape index (κ2) is 5.48. The lowest BCUT2D eigenvalue weighted by molar-refractivity contribution is 0.663. The zero-order valence-corrected chi connectivity index (χ0v) is 12.1. The molecule has 0 saturated heterocycles. The van der Waals surface area contributed by atoms with Crippen LogP contribution in [0.2, 0.25) is 5.02 Å². The first kappa shape index (κ1) is 12.9. The van der Waals surface area contributed by atoms with E-state index in [0.717, 1.165) is 21.6 Å². The molecule has 100 valence electrons. The van der Waals surface area contributed by atoms with Crippen LogP contribution in [0.25, 0.3) is 0 Å². The molecule has 3 rings (SSSR count). The Labute approximate surface area is 120 Å². The zero-order valence-electron chi connectivity index (χ0n) is 10.5. The van der Waals surface area contributed by atoms with Gasteiger partial charge in [-0.25, -0.2) is 4.68 Å². The van der Waals surface area contributed by atoms with Crippen LogP contribution in [0.15, 0.2) is 28.3 Å².